The lowest BCUT2D eigenvalue weighted by molar-refractivity contribution is 0.675. The highest BCUT2D eigenvalue weighted by Gasteiger charge is 2.06. The van der Waals surface area contributed by atoms with E-state index in [0.717, 1.165) is 18.5 Å². The summed E-state index contributed by atoms with van der Waals surface area (Å²) >= 11 is 2.31. The molecule has 1 unspecified atom stereocenters. The first-order valence-electron chi connectivity index (χ1n) is 5.71. The molecule has 0 radical (unpaired) electrons. The molecule has 1 atom stereocenters. The largest absolute Gasteiger partial charge is 0.324 e. The van der Waals surface area contributed by atoms with E-state index in [1.807, 2.05) is 17.1 Å². The quantitative estimate of drug-likeness (QED) is 0.869. The van der Waals surface area contributed by atoms with E-state index in [0.29, 0.717) is 0 Å². The van der Waals surface area contributed by atoms with Gasteiger partial charge in [0.2, 0.25) is 0 Å². The summed E-state index contributed by atoms with van der Waals surface area (Å²) in [5, 5.41) is 4.34. The number of nitrogens with zero attached hydrogens (tertiary/aromatic N) is 2. The fourth-order valence-corrected chi connectivity index (χ4v) is 2.03. The van der Waals surface area contributed by atoms with Crippen LogP contribution in [-0.2, 0) is 6.54 Å². The second-order valence-electron chi connectivity index (χ2n) is 4.11. The molecule has 2 N–H and O–H groups in total. The minimum absolute atomic E-state index is 0.0977. The third kappa shape index (κ3) is 3.29. The maximum Gasteiger partial charge on any atom is 0.0659 e. The smallest absolute Gasteiger partial charge is 0.0659 e. The fourth-order valence-electron chi connectivity index (χ4n) is 1.67. The van der Waals surface area contributed by atoms with Gasteiger partial charge in [0, 0.05) is 21.4 Å². The SMILES string of the molecule is CCC(N)c1cnn(Cc2ccc(I)cc2)c1. The van der Waals surface area contributed by atoms with E-state index in [9.17, 15) is 0 Å². The van der Waals surface area contributed by atoms with Gasteiger partial charge in [-0.1, -0.05) is 19.1 Å². The van der Waals surface area contributed by atoms with Crippen LogP contribution in [0.1, 0.15) is 30.5 Å². The van der Waals surface area contributed by atoms with E-state index in [1.54, 1.807) is 0 Å². The number of rotatable bonds is 4. The molecule has 0 saturated heterocycles. The monoisotopic (exact) mass is 341 g/mol. The molecule has 0 aliphatic rings. The molecule has 3 nitrogen and oxygen atoms in total. The van der Waals surface area contributed by atoms with Gasteiger partial charge in [-0.3, -0.25) is 4.68 Å². The number of hydrogen-bond donors (Lipinski definition) is 1. The first-order valence-corrected chi connectivity index (χ1v) is 6.79. The summed E-state index contributed by atoms with van der Waals surface area (Å²) in [6.45, 7) is 2.88. The van der Waals surface area contributed by atoms with Crippen molar-refractivity contribution >= 4 is 22.6 Å². The van der Waals surface area contributed by atoms with Crippen LogP contribution in [0, 0.1) is 3.57 Å². The Hall–Kier alpha value is -0.880. The van der Waals surface area contributed by atoms with Gasteiger partial charge in [-0.2, -0.15) is 5.10 Å². The molecule has 1 aromatic heterocycles. The van der Waals surface area contributed by atoms with Gasteiger partial charge < -0.3 is 5.73 Å². The molecule has 17 heavy (non-hydrogen) atoms. The summed E-state index contributed by atoms with van der Waals surface area (Å²) in [5.74, 6) is 0. The molecule has 0 fully saturated rings. The lowest BCUT2D eigenvalue weighted by Gasteiger charge is -2.04. The number of benzene rings is 1. The van der Waals surface area contributed by atoms with Gasteiger partial charge in [-0.25, -0.2) is 0 Å². The van der Waals surface area contributed by atoms with Crippen LogP contribution in [0.25, 0.3) is 0 Å². The van der Waals surface area contributed by atoms with Gasteiger partial charge in [0.1, 0.15) is 0 Å². The Morgan fingerprint density at radius 3 is 2.71 bits per heavy atom. The van der Waals surface area contributed by atoms with Crippen LogP contribution in [0.4, 0.5) is 0 Å². The summed E-state index contributed by atoms with van der Waals surface area (Å²) in [7, 11) is 0. The lowest BCUT2D eigenvalue weighted by Crippen LogP contribution is -2.07. The first kappa shape index (κ1) is 12.6. The number of nitrogens with two attached hydrogens (primary N) is 1. The van der Waals surface area contributed by atoms with Crippen LogP contribution in [-0.4, -0.2) is 9.78 Å². The van der Waals surface area contributed by atoms with Crippen molar-refractivity contribution in [3.05, 3.63) is 51.4 Å². The van der Waals surface area contributed by atoms with E-state index in [1.165, 1.54) is 9.13 Å². The minimum atomic E-state index is 0.0977. The molecule has 4 heteroatoms. The Bertz CT molecular complexity index is 476. The Kier molecular flexibility index (Phi) is 4.17. The van der Waals surface area contributed by atoms with Crippen LogP contribution in [0.15, 0.2) is 36.7 Å². The second-order valence-corrected chi connectivity index (χ2v) is 5.36. The third-order valence-corrected chi connectivity index (χ3v) is 3.50. The molecule has 1 heterocycles. The van der Waals surface area contributed by atoms with Gasteiger partial charge in [-0.15, -0.1) is 0 Å². The minimum Gasteiger partial charge on any atom is -0.324 e. The molecule has 1 aromatic carbocycles. The molecule has 90 valence electrons. The van der Waals surface area contributed by atoms with Crippen molar-refractivity contribution in [1.29, 1.82) is 0 Å². The van der Waals surface area contributed by atoms with E-state index in [2.05, 4.69) is 58.9 Å². The van der Waals surface area contributed by atoms with Gasteiger partial charge in [0.15, 0.2) is 0 Å². The number of aromatic nitrogens is 2. The summed E-state index contributed by atoms with van der Waals surface area (Å²) in [5.41, 5.74) is 8.33. The van der Waals surface area contributed by atoms with Crippen LogP contribution in [0.3, 0.4) is 0 Å². The predicted molar refractivity (Wildman–Crippen MR) is 77.7 cm³/mol. The Morgan fingerprint density at radius 1 is 1.35 bits per heavy atom. The Labute approximate surface area is 115 Å². The van der Waals surface area contributed by atoms with Gasteiger partial charge in [0.25, 0.3) is 0 Å². The van der Waals surface area contributed by atoms with Crippen molar-refractivity contribution in [1.82, 2.24) is 9.78 Å². The lowest BCUT2D eigenvalue weighted by atomic mass is 10.1. The molecular weight excluding hydrogens is 325 g/mol. The third-order valence-electron chi connectivity index (χ3n) is 2.78. The highest BCUT2D eigenvalue weighted by Crippen LogP contribution is 2.13. The van der Waals surface area contributed by atoms with E-state index < -0.39 is 0 Å². The topological polar surface area (TPSA) is 43.8 Å². The number of hydrogen-bond acceptors (Lipinski definition) is 2. The van der Waals surface area contributed by atoms with Crippen LogP contribution in [0.5, 0.6) is 0 Å². The molecule has 0 saturated carbocycles. The zero-order valence-electron chi connectivity index (χ0n) is 9.81. The van der Waals surface area contributed by atoms with Crippen molar-refractivity contribution in [2.75, 3.05) is 0 Å². The Balaban J connectivity index is 2.08. The van der Waals surface area contributed by atoms with Crippen molar-refractivity contribution in [3.8, 4) is 0 Å². The second kappa shape index (κ2) is 5.64. The maximum atomic E-state index is 5.97. The average molecular weight is 341 g/mol. The van der Waals surface area contributed by atoms with Crippen molar-refractivity contribution in [2.24, 2.45) is 5.73 Å². The van der Waals surface area contributed by atoms with Crippen molar-refractivity contribution in [2.45, 2.75) is 25.9 Å². The molecule has 0 bridgehead atoms. The van der Waals surface area contributed by atoms with Crippen LogP contribution in [0.2, 0.25) is 0 Å². The average Bonchev–Trinajstić information content (AvgIpc) is 2.80. The van der Waals surface area contributed by atoms with Crippen LogP contribution >= 0.6 is 22.6 Å². The van der Waals surface area contributed by atoms with E-state index >= 15 is 0 Å². The molecule has 0 spiro atoms. The van der Waals surface area contributed by atoms with E-state index in [-0.39, 0.29) is 6.04 Å². The molecule has 2 aromatic rings. The van der Waals surface area contributed by atoms with Crippen molar-refractivity contribution < 1.29 is 0 Å². The van der Waals surface area contributed by atoms with Gasteiger partial charge in [0.05, 0.1) is 12.7 Å². The van der Waals surface area contributed by atoms with E-state index in [4.69, 9.17) is 5.73 Å². The van der Waals surface area contributed by atoms with Gasteiger partial charge in [-0.05, 0) is 46.7 Å². The standard InChI is InChI=1S/C13H16IN3/c1-2-13(15)11-7-16-17(9-11)8-10-3-5-12(14)6-4-10/h3-7,9,13H,2,8,15H2,1H3. The summed E-state index contributed by atoms with van der Waals surface area (Å²) in [4.78, 5) is 0. The Morgan fingerprint density at radius 2 is 2.06 bits per heavy atom. The molecular formula is C13H16IN3. The van der Waals surface area contributed by atoms with Crippen molar-refractivity contribution in [3.63, 3.8) is 0 Å². The van der Waals surface area contributed by atoms with Crippen LogP contribution < -0.4 is 5.73 Å². The molecule has 2 rings (SSSR count). The van der Waals surface area contributed by atoms with Gasteiger partial charge >= 0.3 is 0 Å². The summed E-state index contributed by atoms with van der Waals surface area (Å²) < 4.78 is 3.19. The number of halogens is 1. The zero-order valence-corrected chi connectivity index (χ0v) is 12.0. The maximum absolute atomic E-state index is 5.97. The summed E-state index contributed by atoms with van der Waals surface area (Å²) in [6.07, 6.45) is 4.84. The highest BCUT2D eigenvalue weighted by atomic mass is 127. The highest BCUT2D eigenvalue weighted by molar-refractivity contribution is 14.1. The fraction of sp³-hybridized carbons (Fsp3) is 0.308. The molecule has 0 amide bonds. The summed E-state index contributed by atoms with van der Waals surface area (Å²) in [6, 6.07) is 8.57. The molecule has 0 aliphatic carbocycles. The molecule has 0 aliphatic heterocycles. The predicted octanol–water partition coefficient (Wildman–Crippen LogP) is 2.95. The zero-order chi connectivity index (χ0) is 12.3. The first-order chi connectivity index (χ1) is 8.19. The normalized spacial score (nSPS) is 12.6.